The molecule has 0 aromatic rings. The molecule has 0 heterocycles. The van der Waals surface area contributed by atoms with Gasteiger partial charge in [-0.3, -0.25) is 9.36 Å². The van der Waals surface area contributed by atoms with Crippen molar-refractivity contribution in [3.63, 3.8) is 0 Å². The lowest BCUT2D eigenvalue weighted by Gasteiger charge is -2.22. The van der Waals surface area contributed by atoms with Gasteiger partial charge >= 0.3 is 13.6 Å². The molecule has 0 aliphatic heterocycles. The predicted molar refractivity (Wildman–Crippen MR) is 131 cm³/mol. The molecule has 3 unspecified atom stereocenters. The van der Waals surface area contributed by atoms with Crippen LogP contribution in [-0.2, 0) is 23.4 Å². The van der Waals surface area contributed by atoms with Gasteiger partial charge in [0.25, 0.3) is 0 Å². The fourth-order valence-electron chi connectivity index (χ4n) is 3.41. The van der Waals surface area contributed by atoms with Gasteiger partial charge in [0.1, 0.15) is 6.10 Å². The number of hydrogen-bond donors (Lipinski definition) is 2. The van der Waals surface area contributed by atoms with E-state index < -0.39 is 25.3 Å². The summed E-state index contributed by atoms with van der Waals surface area (Å²) in [6, 6.07) is 0. The van der Waals surface area contributed by atoms with E-state index in [0.29, 0.717) is 6.61 Å². The molecule has 0 saturated heterocycles. The molecule has 3 atom stereocenters. The van der Waals surface area contributed by atoms with E-state index in [2.05, 4.69) is 6.92 Å². The standard InChI is InChI=1S/C24H50NO6P/c1-4-5-6-7-8-9-10-11-12-13-14-15-16-17-18-29-20-24(31-23(3)26)21-30-32(27,28)22(2)19-25/h22,24H,4-21,25H2,1-3H3,(H,27,28). The third-order valence-corrected chi connectivity index (χ3v) is 7.47. The average Bonchev–Trinajstić information content (AvgIpc) is 2.76. The Morgan fingerprint density at radius 3 is 1.78 bits per heavy atom. The fourth-order valence-corrected chi connectivity index (χ4v) is 4.32. The number of carbonyl (C=O) groups excluding carboxylic acids is 1. The van der Waals surface area contributed by atoms with Crippen molar-refractivity contribution in [2.24, 2.45) is 5.73 Å². The molecule has 0 aromatic carbocycles. The van der Waals surface area contributed by atoms with Crippen LogP contribution in [0.5, 0.6) is 0 Å². The molecule has 0 bridgehead atoms. The first-order valence-electron chi connectivity index (χ1n) is 12.8. The quantitative estimate of drug-likeness (QED) is 0.106. The Hall–Kier alpha value is -0.460. The number of hydrogen-bond acceptors (Lipinski definition) is 6. The largest absolute Gasteiger partial charge is 0.458 e. The van der Waals surface area contributed by atoms with Crippen LogP contribution in [-0.4, -0.2) is 49.0 Å². The maximum atomic E-state index is 12.0. The molecule has 0 amide bonds. The first-order chi connectivity index (χ1) is 15.3. The predicted octanol–water partition coefficient (Wildman–Crippen LogP) is 5.97. The lowest BCUT2D eigenvalue weighted by atomic mass is 10.0. The van der Waals surface area contributed by atoms with E-state index in [4.69, 9.17) is 19.7 Å². The molecule has 0 aliphatic carbocycles. The fraction of sp³-hybridized carbons (Fsp3) is 0.958. The van der Waals surface area contributed by atoms with Crippen LogP contribution in [0.25, 0.3) is 0 Å². The zero-order valence-electron chi connectivity index (χ0n) is 20.9. The molecule has 8 heteroatoms. The Morgan fingerprint density at radius 2 is 1.34 bits per heavy atom. The van der Waals surface area contributed by atoms with Gasteiger partial charge in [-0.05, 0) is 13.3 Å². The van der Waals surface area contributed by atoms with Crippen LogP contribution in [0.4, 0.5) is 0 Å². The molecule has 7 nitrogen and oxygen atoms in total. The molecule has 0 saturated carbocycles. The minimum absolute atomic E-state index is 0.0433. The minimum Gasteiger partial charge on any atom is -0.458 e. The van der Waals surface area contributed by atoms with Crippen molar-refractivity contribution in [1.29, 1.82) is 0 Å². The monoisotopic (exact) mass is 479 g/mol. The van der Waals surface area contributed by atoms with E-state index in [-0.39, 0.29) is 19.8 Å². The van der Waals surface area contributed by atoms with Gasteiger partial charge in [0.2, 0.25) is 0 Å². The molecule has 0 aromatic heterocycles. The van der Waals surface area contributed by atoms with E-state index >= 15 is 0 Å². The molecule has 0 fully saturated rings. The summed E-state index contributed by atoms with van der Waals surface area (Å²) >= 11 is 0. The highest BCUT2D eigenvalue weighted by Gasteiger charge is 2.29. The SMILES string of the molecule is CCCCCCCCCCCCCCCCOCC(COP(=O)(O)C(C)CN)OC(C)=O. The first-order valence-corrected chi connectivity index (χ1v) is 14.4. The summed E-state index contributed by atoms with van der Waals surface area (Å²) in [7, 11) is -3.83. The highest BCUT2D eigenvalue weighted by atomic mass is 31.2. The van der Waals surface area contributed by atoms with Crippen molar-refractivity contribution >= 4 is 13.6 Å². The van der Waals surface area contributed by atoms with Gasteiger partial charge in [0.05, 0.1) is 18.9 Å². The van der Waals surface area contributed by atoms with Gasteiger partial charge in [0, 0.05) is 20.1 Å². The van der Waals surface area contributed by atoms with Crippen LogP contribution in [0.15, 0.2) is 0 Å². The van der Waals surface area contributed by atoms with E-state index in [1.165, 1.54) is 84.0 Å². The molecular formula is C24H50NO6P. The number of ether oxygens (including phenoxy) is 2. The summed E-state index contributed by atoms with van der Waals surface area (Å²) in [4.78, 5) is 21.1. The molecule has 0 spiro atoms. The highest BCUT2D eigenvalue weighted by molar-refractivity contribution is 7.53. The van der Waals surface area contributed by atoms with E-state index in [1.54, 1.807) is 6.92 Å². The summed E-state index contributed by atoms with van der Waals surface area (Å²) in [5.74, 6) is -0.474. The second kappa shape index (κ2) is 21.1. The minimum atomic E-state index is -3.83. The van der Waals surface area contributed by atoms with E-state index in [9.17, 15) is 14.3 Å². The Kier molecular flexibility index (Phi) is 20.8. The van der Waals surface area contributed by atoms with Crippen molar-refractivity contribution < 1.29 is 28.3 Å². The Balaban J connectivity index is 3.67. The van der Waals surface area contributed by atoms with Gasteiger partial charge in [-0.1, -0.05) is 90.4 Å². The molecule has 32 heavy (non-hydrogen) atoms. The van der Waals surface area contributed by atoms with Crippen molar-refractivity contribution in [2.45, 2.75) is 122 Å². The Bertz CT molecular complexity index is 491. The third kappa shape index (κ3) is 19.0. The number of rotatable bonds is 23. The van der Waals surface area contributed by atoms with Gasteiger partial charge in [-0.25, -0.2) is 0 Å². The van der Waals surface area contributed by atoms with Gasteiger partial charge < -0.3 is 24.6 Å². The van der Waals surface area contributed by atoms with Crippen LogP contribution in [0, 0.1) is 0 Å². The zero-order chi connectivity index (χ0) is 24.1. The van der Waals surface area contributed by atoms with Crippen LogP contribution >= 0.6 is 7.60 Å². The van der Waals surface area contributed by atoms with Crippen LogP contribution in [0.2, 0.25) is 0 Å². The summed E-state index contributed by atoms with van der Waals surface area (Å²) in [5.41, 5.74) is 4.76. The summed E-state index contributed by atoms with van der Waals surface area (Å²) < 4.78 is 27.9. The van der Waals surface area contributed by atoms with Crippen molar-refractivity contribution in [3.8, 4) is 0 Å². The average molecular weight is 480 g/mol. The molecular weight excluding hydrogens is 429 g/mol. The lowest BCUT2D eigenvalue weighted by molar-refractivity contribution is -0.151. The molecule has 0 radical (unpaired) electrons. The van der Waals surface area contributed by atoms with Crippen molar-refractivity contribution in [3.05, 3.63) is 0 Å². The Labute approximate surface area is 196 Å². The van der Waals surface area contributed by atoms with Gasteiger partial charge in [0.15, 0.2) is 0 Å². The number of unbranched alkanes of at least 4 members (excludes halogenated alkanes) is 13. The third-order valence-electron chi connectivity index (χ3n) is 5.62. The number of carbonyl (C=O) groups is 1. The second-order valence-corrected chi connectivity index (χ2v) is 11.1. The maximum Gasteiger partial charge on any atom is 0.332 e. The van der Waals surface area contributed by atoms with Crippen molar-refractivity contribution in [2.75, 3.05) is 26.4 Å². The summed E-state index contributed by atoms with van der Waals surface area (Å²) in [6.07, 6.45) is 17.5. The second-order valence-electron chi connectivity index (χ2n) is 8.85. The van der Waals surface area contributed by atoms with Gasteiger partial charge in [-0.2, -0.15) is 0 Å². The number of esters is 1. The molecule has 192 valence electrons. The maximum absolute atomic E-state index is 12.0. The molecule has 3 N–H and O–H groups in total. The van der Waals surface area contributed by atoms with E-state index in [0.717, 1.165) is 12.8 Å². The first kappa shape index (κ1) is 31.5. The smallest absolute Gasteiger partial charge is 0.332 e. The molecule has 0 rings (SSSR count). The lowest BCUT2D eigenvalue weighted by Crippen LogP contribution is -2.29. The Morgan fingerprint density at radius 1 is 0.875 bits per heavy atom. The van der Waals surface area contributed by atoms with Crippen LogP contribution < -0.4 is 5.73 Å². The highest BCUT2D eigenvalue weighted by Crippen LogP contribution is 2.46. The topological polar surface area (TPSA) is 108 Å². The van der Waals surface area contributed by atoms with Crippen LogP contribution in [0.3, 0.4) is 0 Å². The summed E-state index contributed by atoms with van der Waals surface area (Å²) in [5, 5.41) is 0. The number of nitrogens with two attached hydrogens (primary N) is 1. The van der Waals surface area contributed by atoms with Crippen LogP contribution in [0.1, 0.15) is 111 Å². The molecule has 0 aliphatic rings. The normalized spacial score (nSPS) is 15.3. The van der Waals surface area contributed by atoms with Gasteiger partial charge in [-0.15, -0.1) is 0 Å². The zero-order valence-corrected chi connectivity index (χ0v) is 21.8. The van der Waals surface area contributed by atoms with E-state index in [1.807, 2.05) is 0 Å². The van der Waals surface area contributed by atoms with Crippen molar-refractivity contribution in [1.82, 2.24) is 0 Å². The summed E-state index contributed by atoms with van der Waals surface area (Å²) in [6.45, 7) is 5.68.